The normalized spacial score (nSPS) is 10.9. The van der Waals surface area contributed by atoms with Gasteiger partial charge in [0.05, 0.1) is 10.9 Å². The molecule has 0 aliphatic heterocycles. The van der Waals surface area contributed by atoms with Crippen LogP contribution in [0.5, 0.6) is 5.75 Å². The lowest BCUT2D eigenvalue weighted by atomic mass is 10.1. The van der Waals surface area contributed by atoms with E-state index in [9.17, 15) is 9.59 Å². The Balaban J connectivity index is 1.89. The van der Waals surface area contributed by atoms with Crippen molar-refractivity contribution in [3.63, 3.8) is 0 Å². The Hall–Kier alpha value is -2.89. The minimum Gasteiger partial charge on any atom is -0.452 e. The van der Waals surface area contributed by atoms with Gasteiger partial charge in [0.25, 0.3) is 0 Å². The quantitative estimate of drug-likeness (QED) is 0.326. The van der Waals surface area contributed by atoms with Gasteiger partial charge in [-0.25, -0.2) is 4.79 Å². The maximum atomic E-state index is 13.2. The molecule has 0 saturated carbocycles. The third-order valence-corrected chi connectivity index (χ3v) is 5.16. The van der Waals surface area contributed by atoms with Gasteiger partial charge in [0.15, 0.2) is 5.76 Å². The molecule has 3 aromatic carbocycles. The first-order chi connectivity index (χ1) is 13.9. The number of carbonyl (C=O) groups excluding carboxylic acids is 1. The van der Waals surface area contributed by atoms with E-state index in [1.807, 2.05) is 31.2 Å². The molecule has 144 valence electrons. The van der Waals surface area contributed by atoms with Crippen LogP contribution in [0.4, 0.5) is 0 Å². The molecule has 4 nitrogen and oxygen atoms in total. The van der Waals surface area contributed by atoms with E-state index in [1.165, 1.54) is 6.07 Å². The van der Waals surface area contributed by atoms with E-state index in [1.54, 1.807) is 36.4 Å². The van der Waals surface area contributed by atoms with Crippen molar-refractivity contribution in [2.45, 2.75) is 6.92 Å². The Bertz CT molecular complexity index is 1280. The lowest BCUT2D eigenvalue weighted by Crippen LogP contribution is -2.16. The van der Waals surface area contributed by atoms with Crippen molar-refractivity contribution in [3.05, 3.63) is 97.6 Å². The highest BCUT2D eigenvalue weighted by molar-refractivity contribution is 9.10. The van der Waals surface area contributed by atoms with E-state index in [0.29, 0.717) is 21.7 Å². The fourth-order valence-electron chi connectivity index (χ4n) is 2.88. The fraction of sp³-hybridized carbons (Fsp3) is 0.0435. The molecule has 0 bridgehead atoms. The van der Waals surface area contributed by atoms with E-state index < -0.39 is 11.4 Å². The summed E-state index contributed by atoms with van der Waals surface area (Å²) in [5, 5.41) is 0.630. The molecule has 0 unspecified atom stereocenters. The molecule has 0 amide bonds. The summed E-state index contributed by atoms with van der Waals surface area (Å²) in [7, 11) is 0. The van der Waals surface area contributed by atoms with E-state index in [4.69, 9.17) is 20.8 Å². The highest BCUT2D eigenvalue weighted by atomic mass is 79.9. The Morgan fingerprint density at radius 2 is 1.69 bits per heavy atom. The highest BCUT2D eigenvalue weighted by Crippen LogP contribution is 2.32. The van der Waals surface area contributed by atoms with Crippen LogP contribution in [-0.2, 0) is 0 Å². The van der Waals surface area contributed by atoms with Crippen LogP contribution in [0.3, 0.4) is 0 Å². The Morgan fingerprint density at radius 3 is 2.38 bits per heavy atom. The third kappa shape index (κ3) is 3.97. The van der Waals surface area contributed by atoms with Gasteiger partial charge in [0, 0.05) is 15.1 Å². The number of fused-ring (bicyclic) bond motifs is 1. The van der Waals surface area contributed by atoms with Gasteiger partial charge in [0.1, 0.15) is 5.58 Å². The van der Waals surface area contributed by atoms with E-state index in [-0.39, 0.29) is 16.9 Å². The summed E-state index contributed by atoms with van der Waals surface area (Å²) in [4.78, 5) is 25.8. The smallest absolute Gasteiger partial charge is 0.343 e. The van der Waals surface area contributed by atoms with Crippen molar-refractivity contribution in [1.29, 1.82) is 0 Å². The minimum atomic E-state index is -0.653. The van der Waals surface area contributed by atoms with Crippen molar-refractivity contribution in [3.8, 4) is 17.1 Å². The van der Waals surface area contributed by atoms with Crippen LogP contribution < -0.4 is 10.2 Å². The number of hydrogen-bond donors (Lipinski definition) is 0. The average Bonchev–Trinajstić information content (AvgIpc) is 2.71. The summed E-state index contributed by atoms with van der Waals surface area (Å²) in [5.74, 6) is -0.633. The zero-order chi connectivity index (χ0) is 20.5. The van der Waals surface area contributed by atoms with Crippen LogP contribution in [0, 0.1) is 6.92 Å². The van der Waals surface area contributed by atoms with Crippen molar-refractivity contribution in [2.75, 3.05) is 0 Å². The SMILES string of the molecule is Cc1ccc(-c2oc3ccc(Cl)cc3c(=O)c2OC(=O)c2ccc(Br)cc2)cc1. The molecule has 1 aromatic heterocycles. The molecule has 0 spiro atoms. The maximum absolute atomic E-state index is 13.2. The summed E-state index contributed by atoms with van der Waals surface area (Å²) in [6.07, 6.45) is 0. The lowest BCUT2D eigenvalue weighted by Gasteiger charge is -2.11. The molecule has 0 N–H and O–H groups in total. The Morgan fingerprint density at radius 1 is 1.00 bits per heavy atom. The average molecular weight is 470 g/mol. The number of hydrogen-bond acceptors (Lipinski definition) is 4. The maximum Gasteiger partial charge on any atom is 0.343 e. The zero-order valence-corrected chi connectivity index (χ0v) is 17.6. The van der Waals surface area contributed by atoms with Gasteiger partial charge in [-0.15, -0.1) is 0 Å². The molecule has 4 aromatic rings. The first-order valence-corrected chi connectivity index (χ1v) is 9.90. The number of aryl methyl sites for hydroxylation is 1. The molecule has 0 fully saturated rings. The van der Waals surface area contributed by atoms with E-state index >= 15 is 0 Å². The van der Waals surface area contributed by atoms with Crippen LogP contribution >= 0.6 is 27.5 Å². The Kier molecular flexibility index (Phi) is 5.26. The van der Waals surface area contributed by atoms with Crippen molar-refractivity contribution in [2.24, 2.45) is 0 Å². The minimum absolute atomic E-state index is 0.170. The number of esters is 1. The first kappa shape index (κ1) is 19.4. The molecule has 29 heavy (non-hydrogen) atoms. The highest BCUT2D eigenvalue weighted by Gasteiger charge is 2.21. The van der Waals surface area contributed by atoms with E-state index in [0.717, 1.165) is 10.0 Å². The molecule has 0 saturated heterocycles. The second kappa shape index (κ2) is 7.85. The fourth-order valence-corrected chi connectivity index (χ4v) is 3.31. The van der Waals surface area contributed by atoms with Gasteiger partial charge in [-0.1, -0.05) is 57.4 Å². The summed E-state index contributed by atoms with van der Waals surface area (Å²) >= 11 is 9.37. The molecular formula is C23H14BrClO4. The molecule has 0 radical (unpaired) electrons. The van der Waals surface area contributed by atoms with Gasteiger partial charge in [-0.2, -0.15) is 0 Å². The van der Waals surface area contributed by atoms with Gasteiger partial charge in [0.2, 0.25) is 11.2 Å². The predicted molar refractivity (Wildman–Crippen MR) is 117 cm³/mol. The van der Waals surface area contributed by atoms with Gasteiger partial charge < -0.3 is 9.15 Å². The standard InChI is InChI=1S/C23H14BrClO4/c1-13-2-4-14(5-3-13)21-22(29-23(27)15-6-8-16(24)9-7-15)20(26)18-12-17(25)10-11-19(18)28-21/h2-12H,1H3. The van der Waals surface area contributed by atoms with Gasteiger partial charge >= 0.3 is 5.97 Å². The van der Waals surface area contributed by atoms with Crippen LogP contribution in [-0.4, -0.2) is 5.97 Å². The third-order valence-electron chi connectivity index (χ3n) is 4.40. The molecular weight excluding hydrogens is 456 g/mol. The molecule has 0 atom stereocenters. The number of rotatable bonds is 3. The predicted octanol–water partition coefficient (Wildman–Crippen LogP) is 6.40. The van der Waals surface area contributed by atoms with Crippen LogP contribution in [0.1, 0.15) is 15.9 Å². The van der Waals surface area contributed by atoms with Gasteiger partial charge in [-0.3, -0.25) is 4.79 Å². The second-order valence-electron chi connectivity index (χ2n) is 6.49. The second-order valence-corrected chi connectivity index (χ2v) is 7.84. The number of carbonyl (C=O) groups is 1. The van der Waals surface area contributed by atoms with Crippen molar-refractivity contribution >= 4 is 44.5 Å². The summed E-state index contributed by atoms with van der Waals surface area (Å²) in [6.45, 7) is 1.96. The van der Waals surface area contributed by atoms with Crippen LogP contribution in [0.15, 0.2) is 80.4 Å². The van der Waals surface area contributed by atoms with E-state index in [2.05, 4.69) is 15.9 Å². The number of ether oxygens (including phenoxy) is 1. The molecule has 6 heteroatoms. The van der Waals surface area contributed by atoms with Crippen LogP contribution in [0.2, 0.25) is 5.02 Å². The summed E-state index contributed by atoms with van der Waals surface area (Å²) < 4.78 is 12.3. The molecule has 0 aliphatic rings. The van der Waals surface area contributed by atoms with Crippen LogP contribution in [0.25, 0.3) is 22.3 Å². The van der Waals surface area contributed by atoms with Crippen molar-refractivity contribution < 1.29 is 13.9 Å². The Labute approximate surface area is 179 Å². The van der Waals surface area contributed by atoms with Gasteiger partial charge in [-0.05, 0) is 49.4 Å². The molecule has 0 aliphatic carbocycles. The number of benzene rings is 3. The van der Waals surface area contributed by atoms with Crippen molar-refractivity contribution in [1.82, 2.24) is 0 Å². The zero-order valence-electron chi connectivity index (χ0n) is 15.2. The largest absolute Gasteiger partial charge is 0.452 e. The number of halogens is 2. The molecule has 4 rings (SSSR count). The topological polar surface area (TPSA) is 56.5 Å². The summed E-state index contributed by atoms with van der Waals surface area (Å²) in [6, 6.07) is 18.8. The molecule has 1 heterocycles. The first-order valence-electron chi connectivity index (χ1n) is 8.73. The summed E-state index contributed by atoms with van der Waals surface area (Å²) in [5.41, 5.74) is 1.89. The monoisotopic (exact) mass is 468 g/mol. The lowest BCUT2D eigenvalue weighted by molar-refractivity contribution is 0.0731.